The summed E-state index contributed by atoms with van der Waals surface area (Å²) in [5.74, 6) is -1.66. The lowest BCUT2D eigenvalue weighted by Crippen LogP contribution is -2.36. The number of carbonyl (C=O) groups excluding carboxylic acids is 2. The van der Waals surface area contributed by atoms with Crippen LogP contribution in [0.15, 0.2) is 48.5 Å². The number of nitrogens with one attached hydrogen (secondary N) is 2. The van der Waals surface area contributed by atoms with E-state index in [0.29, 0.717) is 35.1 Å². The van der Waals surface area contributed by atoms with E-state index < -0.39 is 12.1 Å². The van der Waals surface area contributed by atoms with E-state index in [9.17, 15) is 22.8 Å². The molecule has 2 N–H and O–H groups in total. The van der Waals surface area contributed by atoms with Gasteiger partial charge < -0.3 is 15.4 Å². The zero-order chi connectivity index (χ0) is 20.6. The van der Waals surface area contributed by atoms with Crippen LogP contribution in [-0.2, 0) is 16.1 Å². The molecule has 0 saturated carbocycles. The summed E-state index contributed by atoms with van der Waals surface area (Å²) in [5.41, 5.74) is 0.978. The van der Waals surface area contributed by atoms with Gasteiger partial charge in [0.1, 0.15) is 5.75 Å². The average Bonchev–Trinajstić information content (AvgIpc) is 2.65. The molecule has 150 valence electrons. The fraction of sp³-hybridized carbons (Fsp3) is 0.263. The molecule has 2 aromatic carbocycles. The molecule has 0 aliphatic carbocycles. The number of amides is 2. The first-order valence-corrected chi connectivity index (χ1v) is 8.74. The summed E-state index contributed by atoms with van der Waals surface area (Å²) >= 11 is 5.96. The third-order valence-electron chi connectivity index (χ3n) is 3.59. The molecule has 0 aromatic heterocycles. The van der Waals surface area contributed by atoms with Gasteiger partial charge in [0.2, 0.25) is 5.91 Å². The minimum atomic E-state index is -4.91. The Morgan fingerprint density at radius 3 is 2.36 bits per heavy atom. The summed E-state index contributed by atoms with van der Waals surface area (Å²) in [6.45, 7) is 0.0704. The molecule has 5 nitrogen and oxygen atoms in total. The summed E-state index contributed by atoms with van der Waals surface area (Å²) < 4.78 is 41.9. The summed E-state index contributed by atoms with van der Waals surface area (Å²) in [4.78, 5) is 22.7. The second-order valence-electron chi connectivity index (χ2n) is 5.81. The predicted octanol–water partition coefficient (Wildman–Crippen LogP) is 4.32. The van der Waals surface area contributed by atoms with E-state index in [1.165, 1.54) is 12.1 Å². The van der Waals surface area contributed by atoms with Gasteiger partial charge in [0, 0.05) is 18.7 Å². The first-order chi connectivity index (χ1) is 13.3. The number of ether oxygens (including phenoxy) is 1. The van der Waals surface area contributed by atoms with Crippen LogP contribution in [0.1, 0.15) is 18.4 Å². The molecule has 0 atom stereocenters. The molecule has 0 spiro atoms. The van der Waals surface area contributed by atoms with Crippen LogP contribution in [0.4, 0.5) is 18.9 Å². The number of rotatable bonds is 8. The molecule has 2 amide bonds. The highest BCUT2D eigenvalue weighted by molar-refractivity contribution is 6.32. The Kier molecular flexibility index (Phi) is 7.69. The molecule has 2 aromatic rings. The predicted molar refractivity (Wildman–Crippen MR) is 99.2 cm³/mol. The Morgan fingerprint density at radius 1 is 1.04 bits per heavy atom. The van der Waals surface area contributed by atoms with Crippen LogP contribution in [0.5, 0.6) is 5.75 Å². The van der Waals surface area contributed by atoms with E-state index in [0.717, 1.165) is 0 Å². The molecular weight excluding hydrogens is 397 g/mol. The minimum Gasteiger partial charge on any atom is -0.492 e. The van der Waals surface area contributed by atoms with Gasteiger partial charge in [-0.05, 0) is 36.2 Å². The lowest BCUT2D eigenvalue weighted by molar-refractivity contribution is -0.173. The van der Waals surface area contributed by atoms with Gasteiger partial charge in [-0.3, -0.25) is 9.59 Å². The van der Waals surface area contributed by atoms with Crippen molar-refractivity contribution >= 4 is 29.1 Å². The Labute approximate surface area is 164 Å². The summed E-state index contributed by atoms with van der Waals surface area (Å²) in [5, 5.41) is 4.96. The van der Waals surface area contributed by atoms with Crippen molar-refractivity contribution in [2.24, 2.45) is 0 Å². The van der Waals surface area contributed by atoms with Gasteiger partial charge in [-0.2, -0.15) is 13.2 Å². The first-order valence-electron chi connectivity index (χ1n) is 8.37. The summed E-state index contributed by atoms with van der Waals surface area (Å²) in [7, 11) is 0. The molecule has 0 unspecified atom stereocenters. The monoisotopic (exact) mass is 414 g/mol. The van der Waals surface area contributed by atoms with E-state index in [-0.39, 0.29) is 18.9 Å². The maximum absolute atomic E-state index is 12.1. The average molecular weight is 415 g/mol. The quantitative estimate of drug-likeness (QED) is 0.632. The smallest absolute Gasteiger partial charge is 0.471 e. The fourth-order valence-electron chi connectivity index (χ4n) is 2.19. The second kappa shape index (κ2) is 9.98. The van der Waals surface area contributed by atoms with Gasteiger partial charge in [-0.1, -0.05) is 35.9 Å². The molecule has 28 heavy (non-hydrogen) atoms. The molecule has 0 radical (unpaired) electrons. The number of carbonyl (C=O) groups is 2. The lowest BCUT2D eigenvalue weighted by atomic mass is 10.2. The third kappa shape index (κ3) is 7.11. The van der Waals surface area contributed by atoms with Crippen molar-refractivity contribution in [3.63, 3.8) is 0 Å². The Bertz CT molecular complexity index is 811. The number of benzene rings is 2. The molecule has 0 heterocycles. The van der Waals surface area contributed by atoms with Crippen molar-refractivity contribution < 1.29 is 27.5 Å². The van der Waals surface area contributed by atoms with Crippen LogP contribution in [0.3, 0.4) is 0 Å². The zero-order valence-electron chi connectivity index (χ0n) is 14.7. The van der Waals surface area contributed by atoms with E-state index in [1.54, 1.807) is 41.7 Å². The van der Waals surface area contributed by atoms with E-state index >= 15 is 0 Å². The van der Waals surface area contributed by atoms with Crippen molar-refractivity contribution in [1.82, 2.24) is 5.32 Å². The van der Waals surface area contributed by atoms with Crippen molar-refractivity contribution in [2.45, 2.75) is 25.6 Å². The molecule has 0 aliphatic heterocycles. The van der Waals surface area contributed by atoms with Gasteiger partial charge in [-0.25, -0.2) is 0 Å². The number of alkyl halides is 3. The number of para-hydroxylation sites is 1. The second-order valence-corrected chi connectivity index (χ2v) is 6.22. The van der Waals surface area contributed by atoms with Crippen LogP contribution in [0, 0.1) is 0 Å². The van der Waals surface area contributed by atoms with E-state index in [2.05, 4.69) is 5.32 Å². The molecule has 2 rings (SSSR count). The van der Waals surface area contributed by atoms with E-state index in [4.69, 9.17) is 16.3 Å². The van der Waals surface area contributed by atoms with Gasteiger partial charge >= 0.3 is 12.1 Å². The maximum Gasteiger partial charge on any atom is 0.471 e. The van der Waals surface area contributed by atoms with Crippen LogP contribution in [0.2, 0.25) is 5.02 Å². The molecular formula is C19H18ClF3N2O3. The normalized spacial score (nSPS) is 11.0. The topological polar surface area (TPSA) is 67.4 Å². The van der Waals surface area contributed by atoms with Crippen LogP contribution >= 0.6 is 11.6 Å². The highest BCUT2D eigenvalue weighted by Crippen LogP contribution is 2.23. The SMILES string of the molecule is O=C(CCCOc1ccccc1Cl)Nc1ccc(CNC(=O)C(F)(F)F)cc1. The van der Waals surface area contributed by atoms with Gasteiger partial charge in [0.25, 0.3) is 0 Å². The highest BCUT2D eigenvalue weighted by Gasteiger charge is 2.38. The fourth-order valence-corrected chi connectivity index (χ4v) is 2.38. The summed E-state index contributed by atoms with van der Waals surface area (Å²) in [6, 6.07) is 13.2. The van der Waals surface area contributed by atoms with Gasteiger partial charge in [0.15, 0.2) is 0 Å². The van der Waals surface area contributed by atoms with Crippen molar-refractivity contribution in [2.75, 3.05) is 11.9 Å². The van der Waals surface area contributed by atoms with Gasteiger partial charge in [0.05, 0.1) is 11.6 Å². The minimum absolute atomic E-state index is 0.221. The molecule has 0 fully saturated rings. The number of halogens is 4. The lowest BCUT2D eigenvalue weighted by Gasteiger charge is -2.10. The van der Waals surface area contributed by atoms with Crippen LogP contribution < -0.4 is 15.4 Å². The van der Waals surface area contributed by atoms with Crippen molar-refractivity contribution in [1.29, 1.82) is 0 Å². The third-order valence-corrected chi connectivity index (χ3v) is 3.90. The van der Waals surface area contributed by atoms with E-state index in [1.807, 2.05) is 0 Å². The van der Waals surface area contributed by atoms with Crippen molar-refractivity contribution in [3.8, 4) is 5.75 Å². The Morgan fingerprint density at radius 2 is 1.71 bits per heavy atom. The summed E-state index contributed by atoms with van der Waals surface area (Å²) in [6.07, 6.45) is -4.20. The van der Waals surface area contributed by atoms with Crippen molar-refractivity contribution in [3.05, 3.63) is 59.1 Å². The van der Waals surface area contributed by atoms with Crippen LogP contribution in [0.25, 0.3) is 0 Å². The Balaban J connectivity index is 1.70. The van der Waals surface area contributed by atoms with Crippen LogP contribution in [-0.4, -0.2) is 24.6 Å². The Hall–Kier alpha value is -2.74. The molecule has 0 aliphatic rings. The standard InChI is InChI=1S/C19H18ClF3N2O3/c20-15-4-1-2-5-16(15)28-11-3-6-17(26)25-14-9-7-13(8-10-14)12-24-18(27)19(21,22)23/h1-2,4-5,7-10H,3,6,11-12H2,(H,24,27)(H,25,26). The zero-order valence-corrected chi connectivity index (χ0v) is 15.4. The molecule has 9 heteroatoms. The highest BCUT2D eigenvalue weighted by atomic mass is 35.5. The molecule has 0 saturated heterocycles. The molecule has 0 bridgehead atoms. The number of anilines is 1. The number of hydrogen-bond donors (Lipinski definition) is 2. The number of hydrogen-bond acceptors (Lipinski definition) is 3. The largest absolute Gasteiger partial charge is 0.492 e. The van der Waals surface area contributed by atoms with Gasteiger partial charge in [-0.15, -0.1) is 0 Å². The first kappa shape index (κ1) is 21.6. The maximum atomic E-state index is 12.1.